The van der Waals surface area contributed by atoms with Crippen molar-refractivity contribution in [3.8, 4) is 0 Å². The van der Waals surface area contributed by atoms with Crippen molar-refractivity contribution >= 4 is 0 Å². The molecule has 124 valence electrons. The quantitative estimate of drug-likeness (QED) is 0.640. The molecule has 0 aromatic rings. The molecule has 0 unspecified atom stereocenters. The van der Waals surface area contributed by atoms with Crippen molar-refractivity contribution in [2.75, 3.05) is 39.3 Å². The minimum absolute atomic E-state index is 0.389. The lowest BCUT2D eigenvalue weighted by molar-refractivity contribution is 0.0320. The molecular weight excluding hydrogens is 260 g/mol. The summed E-state index contributed by atoms with van der Waals surface area (Å²) < 4.78 is 5.64. The minimum Gasteiger partial charge on any atom is -0.379 e. The van der Waals surface area contributed by atoms with Gasteiger partial charge in [-0.1, -0.05) is 0 Å². The second kappa shape index (κ2) is 8.50. The molecule has 0 aromatic heterocycles. The van der Waals surface area contributed by atoms with Crippen LogP contribution < -0.4 is 0 Å². The molecule has 0 saturated carbocycles. The second-order valence-corrected chi connectivity index (χ2v) is 7.72. The highest BCUT2D eigenvalue weighted by Gasteiger charge is 2.30. The van der Waals surface area contributed by atoms with Gasteiger partial charge in [-0.25, -0.2) is 0 Å². The lowest BCUT2D eigenvalue weighted by Crippen LogP contribution is -2.54. The van der Waals surface area contributed by atoms with Crippen LogP contribution in [-0.2, 0) is 4.74 Å². The summed E-state index contributed by atoms with van der Waals surface area (Å²) in [6.45, 7) is 16.5. The first-order valence-electron chi connectivity index (χ1n) is 9.12. The van der Waals surface area contributed by atoms with Gasteiger partial charge in [0, 0.05) is 32.3 Å². The van der Waals surface area contributed by atoms with Crippen LogP contribution >= 0.6 is 0 Å². The number of piperidine rings is 1. The van der Waals surface area contributed by atoms with Gasteiger partial charge in [0.25, 0.3) is 0 Å². The van der Waals surface area contributed by atoms with Gasteiger partial charge in [0.15, 0.2) is 0 Å². The van der Waals surface area contributed by atoms with E-state index in [1.54, 1.807) is 0 Å². The zero-order chi connectivity index (χ0) is 15.2. The van der Waals surface area contributed by atoms with Gasteiger partial charge in [-0.2, -0.15) is 0 Å². The standard InChI is InChI=1S/C18H36N2O/c1-15(2)20-13-18(14-20)12-19-9-7-17(8-10-19)6-5-11-21-16(3)4/h15-18H,5-14H2,1-4H3. The Balaban J connectivity index is 1.51. The summed E-state index contributed by atoms with van der Waals surface area (Å²) in [5.74, 6) is 1.88. The molecule has 3 heteroatoms. The maximum atomic E-state index is 5.64. The zero-order valence-electron chi connectivity index (χ0n) is 14.7. The number of hydrogen-bond donors (Lipinski definition) is 0. The molecule has 21 heavy (non-hydrogen) atoms. The predicted molar refractivity (Wildman–Crippen MR) is 89.7 cm³/mol. The molecule has 2 rings (SSSR count). The van der Waals surface area contributed by atoms with Gasteiger partial charge in [0.05, 0.1) is 6.10 Å². The predicted octanol–water partition coefficient (Wildman–Crippen LogP) is 3.24. The first-order chi connectivity index (χ1) is 10.0. The van der Waals surface area contributed by atoms with Gasteiger partial charge in [-0.05, 0) is 78.3 Å². The van der Waals surface area contributed by atoms with Crippen molar-refractivity contribution in [1.82, 2.24) is 9.80 Å². The number of rotatable bonds is 8. The third-order valence-electron chi connectivity index (χ3n) is 5.15. The molecule has 2 heterocycles. The van der Waals surface area contributed by atoms with E-state index < -0.39 is 0 Å². The molecule has 2 aliphatic rings. The van der Waals surface area contributed by atoms with E-state index >= 15 is 0 Å². The van der Waals surface area contributed by atoms with E-state index in [1.807, 2.05) is 0 Å². The molecule has 0 aliphatic carbocycles. The van der Waals surface area contributed by atoms with E-state index in [9.17, 15) is 0 Å². The first-order valence-corrected chi connectivity index (χ1v) is 9.12. The van der Waals surface area contributed by atoms with Gasteiger partial charge in [-0.15, -0.1) is 0 Å². The fourth-order valence-electron chi connectivity index (χ4n) is 3.66. The molecular formula is C18H36N2O. The molecule has 0 aromatic carbocycles. The van der Waals surface area contributed by atoms with Crippen molar-refractivity contribution in [3.63, 3.8) is 0 Å². The summed E-state index contributed by atoms with van der Waals surface area (Å²) in [6, 6.07) is 0.736. The van der Waals surface area contributed by atoms with Crippen LogP contribution in [0.15, 0.2) is 0 Å². The molecule has 0 amide bonds. The first kappa shape index (κ1) is 17.2. The van der Waals surface area contributed by atoms with Crippen molar-refractivity contribution in [2.45, 2.75) is 65.5 Å². The van der Waals surface area contributed by atoms with Crippen LogP contribution in [0.2, 0.25) is 0 Å². The number of ether oxygens (including phenoxy) is 1. The third kappa shape index (κ3) is 5.88. The van der Waals surface area contributed by atoms with E-state index in [2.05, 4.69) is 37.5 Å². The van der Waals surface area contributed by atoms with Gasteiger partial charge in [-0.3, -0.25) is 0 Å². The third-order valence-corrected chi connectivity index (χ3v) is 5.15. The fourth-order valence-corrected chi connectivity index (χ4v) is 3.66. The maximum Gasteiger partial charge on any atom is 0.0518 e. The molecule has 0 N–H and O–H groups in total. The Kier molecular flexibility index (Phi) is 6.97. The molecule has 2 aliphatic heterocycles. The van der Waals surface area contributed by atoms with Crippen molar-refractivity contribution in [3.05, 3.63) is 0 Å². The van der Waals surface area contributed by atoms with Gasteiger partial charge >= 0.3 is 0 Å². The topological polar surface area (TPSA) is 15.7 Å². The lowest BCUT2D eigenvalue weighted by Gasteiger charge is -2.45. The minimum atomic E-state index is 0.389. The Hall–Kier alpha value is -0.120. The Bertz CT molecular complexity index is 279. The van der Waals surface area contributed by atoms with Crippen molar-refractivity contribution in [1.29, 1.82) is 0 Å². The lowest BCUT2D eigenvalue weighted by atomic mass is 9.90. The summed E-state index contributed by atoms with van der Waals surface area (Å²) in [5, 5.41) is 0. The molecule has 0 bridgehead atoms. The Labute approximate surface area is 132 Å². The van der Waals surface area contributed by atoms with Crippen LogP contribution in [0, 0.1) is 11.8 Å². The highest BCUT2D eigenvalue weighted by molar-refractivity contribution is 4.85. The Morgan fingerprint density at radius 3 is 2.24 bits per heavy atom. The van der Waals surface area contributed by atoms with Crippen LogP contribution in [0.3, 0.4) is 0 Å². The highest BCUT2D eigenvalue weighted by Crippen LogP contribution is 2.25. The molecule has 3 nitrogen and oxygen atoms in total. The molecule has 0 spiro atoms. The Morgan fingerprint density at radius 1 is 1.00 bits per heavy atom. The fraction of sp³-hybridized carbons (Fsp3) is 1.00. The summed E-state index contributed by atoms with van der Waals surface area (Å²) in [5.41, 5.74) is 0. The Morgan fingerprint density at radius 2 is 1.67 bits per heavy atom. The summed E-state index contributed by atoms with van der Waals surface area (Å²) in [4.78, 5) is 5.30. The monoisotopic (exact) mass is 296 g/mol. The molecule has 2 fully saturated rings. The molecule has 0 radical (unpaired) electrons. The van der Waals surface area contributed by atoms with E-state index in [-0.39, 0.29) is 0 Å². The van der Waals surface area contributed by atoms with E-state index in [0.29, 0.717) is 6.10 Å². The second-order valence-electron chi connectivity index (χ2n) is 7.72. The van der Waals surface area contributed by atoms with Gasteiger partial charge in [0.2, 0.25) is 0 Å². The van der Waals surface area contributed by atoms with Crippen LogP contribution in [0.4, 0.5) is 0 Å². The van der Waals surface area contributed by atoms with Crippen molar-refractivity contribution in [2.24, 2.45) is 11.8 Å². The van der Waals surface area contributed by atoms with Crippen molar-refractivity contribution < 1.29 is 4.74 Å². The maximum absolute atomic E-state index is 5.64. The van der Waals surface area contributed by atoms with Crippen LogP contribution in [0.25, 0.3) is 0 Å². The number of likely N-dealkylation sites (tertiary alicyclic amines) is 2. The highest BCUT2D eigenvalue weighted by atomic mass is 16.5. The van der Waals surface area contributed by atoms with Gasteiger partial charge in [0.1, 0.15) is 0 Å². The summed E-state index contributed by atoms with van der Waals surface area (Å²) in [7, 11) is 0. The van der Waals surface area contributed by atoms with Crippen LogP contribution in [-0.4, -0.2) is 61.3 Å². The normalized spacial score (nSPS) is 23.1. The van der Waals surface area contributed by atoms with E-state index in [4.69, 9.17) is 4.74 Å². The molecule has 2 saturated heterocycles. The van der Waals surface area contributed by atoms with Crippen LogP contribution in [0.1, 0.15) is 53.4 Å². The van der Waals surface area contributed by atoms with E-state index in [0.717, 1.165) is 24.5 Å². The largest absolute Gasteiger partial charge is 0.379 e. The van der Waals surface area contributed by atoms with Crippen LogP contribution in [0.5, 0.6) is 0 Å². The smallest absolute Gasteiger partial charge is 0.0518 e. The average molecular weight is 296 g/mol. The number of nitrogens with zero attached hydrogens (tertiary/aromatic N) is 2. The average Bonchev–Trinajstić information content (AvgIpc) is 2.39. The molecule has 0 atom stereocenters. The van der Waals surface area contributed by atoms with Gasteiger partial charge < -0.3 is 14.5 Å². The zero-order valence-corrected chi connectivity index (χ0v) is 14.7. The van der Waals surface area contributed by atoms with E-state index in [1.165, 1.54) is 58.4 Å². The summed E-state index contributed by atoms with van der Waals surface area (Å²) in [6.07, 6.45) is 5.81. The number of hydrogen-bond acceptors (Lipinski definition) is 3. The SMILES string of the molecule is CC(C)OCCCC1CCN(CC2CN(C(C)C)C2)CC1. The summed E-state index contributed by atoms with van der Waals surface area (Å²) >= 11 is 0.